The van der Waals surface area contributed by atoms with E-state index in [9.17, 15) is 15.0 Å². The van der Waals surface area contributed by atoms with E-state index in [-0.39, 0.29) is 17.4 Å². The second-order valence-electron chi connectivity index (χ2n) is 4.04. The topological polar surface area (TPSA) is 66.8 Å². The first kappa shape index (κ1) is 12.5. The summed E-state index contributed by atoms with van der Waals surface area (Å²) in [6.07, 6.45) is -0.315. The molecule has 0 aliphatic rings. The van der Waals surface area contributed by atoms with Crippen molar-refractivity contribution < 1.29 is 19.7 Å². The van der Waals surface area contributed by atoms with Gasteiger partial charge in [-0.15, -0.1) is 0 Å². The Balaban J connectivity index is 3.02. The maximum atomic E-state index is 11.6. The first-order chi connectivity index (χ1) is 7.35. The van der Waals surface area contributed by atoms with Gasteiger partial charge in [-0.1, -0.05) is 18.2 Å². The Morgan fingerprint density at radius 3 is 2.44 bits per heavy atom. The normalized spacial score (nSPS) is 14.6. The number of phenolic OH excluding ortho intramolecular Hbond substituents is 1. The van der Waals surface area contributed by atoms with Crippen molar-refractivity contribution in [1.29, 1.82) is 0 Å². The third kappa shape index (κ3) is 2.52. The number of hydrogen-bond donors (Lipinski definition) is 2. The summed E-state index contributed by atoms with van der Waals surface area (Å²) in [5.74, 6) is -0.905. The number of esters is 1. The molecule has 4 nitrogen and oxygen atoms in total. The van der Waals surface area contributed by atoms with E-state index in [0.717, 1.165) is 0 Å². The molecule has 0 aliphatic carbocycles. The molecule has 1 aromatic carbocycles. The van der Waals surface area contributed by atoms with E-state index in [2.05, 4.69) is 0 Å². The number of carbonyl (C=O) groups is 1. The molecule has 0 radical (unpaired) electrons. The van der Waals surface area contributed by atoms with E-state index in [0.29, 0.717) is 0 Å². The van der Waals surface area contributed by atoms with Crippen LogP contribution in [0, 0.1) is 0 Å². The van der Waals surface area contributed by atoms with Gasteiger partial charge in [-0.05, 0) is 26.8 Å². The molecule has 0 saturated carbocycles. The summed E-state index contributed by atoms with van der Waals surface area (Å²) in [7, 11) is 0. The Morgan fingerprint density at radius 1 is 1.38 bits per heavy atom. The Morgan fingerprint density at radius 2 is 1.94 bits per heavy atom. The largest absolute Gasteiger partial charge is 0.508 e. The van der Waals surface area contributed by atoms with E-state index in [1.54, 1.807) is 26.0 Å². The highest BCUT2D eigenvalue weighted by molar-refractivity contribution is 5.81. The first-order valence-corrected chi connectivity index (χ1v) is 5.07. The average Bonchev–Trinajstić information content (AvgIpc) is 2.16. The quantitative estimate of drug-likeness (QED) is 0.764. The lowest BCUT2D eigenvalue weighted by molar-refractivity contribution is -0.169. The molecule has 0 fully saturated rings. The van der Waals surface area contributed by atoms with Crippen molar-refractivity contribution in [3.63, 3.8) is 0 Å². The second-order valence-corrected chi connectivity index (χ2v) is 4.04. The van der Waals surface area contributed by atoms with Crippen molar-refractivity contribution in [3.8, 4) is 5.75 Å². The van der Waals surface area contributed by atoms with Crippen LogP contribution < -0.4 is 0 Å². The van der Waals surface area contributed by atoms with E-state index in [1.807, 2.05) is 0 Å². The molecule has 4 heteroatoms. The van der Waals surface area contributed by atoms with Gasteiger partial charge in [0.15, 0.2) is 5.60 Å². The van der Waals surface area contributed by atoms with Gasteiger partial charge in [0.2, 0.25) is 0 Å². The van der Waals surface area contributed by atoms with Crippen molar-refractivity contribution >= 4 is 5.97 Å². The monoisotopic (exact) mass is 224 g/mol. The zero-order valence-electron chi connectivity index (χ0n) is 9.60. The zero-order chi connectivity index (χ0) is 12.3. The maximum Gasteiger partial charge on any atom is 0.342 e. The van der Waals surface area contributed by atoms with Crippen LogP contribution in [0.2, 0.25) is 0 Å². The van der Waals surface area contributed by atoms with Crippen molar-refractivity contribution in [2.45, 2.75) is 32.5 Å². The molecule has 16 heavy (non-hydrogen) atoms. The Hall–Kier alpha value is -1.55. The van der Waals surface area contributed by atoms with E-state index in [4.69, 9.17) is 4.74 Å². The number of aromatic hydroxyl groups is 1. The van der Waals surface area contributed by atoms with Gasteiger partial charge in [0.1, 0.15) is 5.75 Å². The molecule has 0 aliphatic heterocycles. The number of para-hydroxylation sites is 1. The number of carbonyl (C=O) groups excluding carboxylic acids is 1. The fraction of sp³-hybridized carbons (Fsp3) is 0.417. The molecule has 1 aromatic rings. The van der Waals surface area contributed by atoms with Crippen LogP contribution in [0.5, 0.6) is 5.75 Å². The third-order valence-electron chi connectivity index (χ3n) is 2.17. The van der Waals surface area contributed by atoms with Crippen LogP contribution in [0.1, 0.15) is 26.3 Å². The molecule has 0 amide bonds. The highest BCUT2D eigenvalue weighted by atomic mass is 16.6. The number of rotatable bonds is 3. The van der Waals surface area contributed by atoms with Gasteiger partial charge in [0.25, 0.3) is 0 Å². The summed E-state index contributed by atoms with van der Waals surface area (Å²) in [6, 6.07) is 6.14. The summed E-state index contributed by atoms with van der Waals surface area (Å²) in [6.45, 7) is 4.68. The van der Waals surface area contributed by atoms with Crippen LogP contribution >= 0.6 is 0 Å². The van der Waals surface area contributed by atoms with Crippen LogP contribution in [0.3, 0.4) is 0 Å². The third-order valence-corrected chi connectivity index (χ3v) is 2.17. The first-order valence-electron chi connectivity index (χ1n) is 5.07. The molecular weight excluding hydrogens is 208 g/mol. The van der Waals surface area contributed by atoms with Crippen LogP contribution in [0.15, 0.2) is 24.3 Å². The lowest BCUT2D eigenvalue weighted by Crippen LogP contribution is -2.35. The van der Waals surface area contributed by atoms with Gasteiger partial charge in [0, 0.05) is 5.56 Å². The predicted molar refractivity (Wildman–Crippen MR) is 58.9 cm³/mol. The van der Waals surface area contributed by atoms with E-state index >= 15 is 0 Å². The molecular formula is C12H16O4. The van der Waals surface area contributed by atoms with Crippen LogP contribution in [0.4, 0.5) is 0 Å². The van der Waals surface area contributed by atoms with Crippen molar-refractivity contribution in [2.75, 3.05) is 0 Å². The average molecular weight is 224 g/mol. The molecule has 1 rings (SSSR count). The second kappa shape index (κ2) is 4.53. The maximum absolute atomic E-state index is 11.6. The van der Waals surface area contributed by atoms with Crippen LogP contribution in [-0.2, 0) is 15.1 Å². The zero-order valence-corrected chi connectivity index (χ0v) is 9.60. The Bertz CT molecular complexity index is 382. The molecule has 2 N–H and O–H groups in total. The number of phenols is 1. The molecule has 0 bridgehead atoms. The van der Waals surface area contributed by atoms with Gasteiger partial charge in [-0.2, -0.15) is 0 Å². The molecule has 0 heterocycles. The highest BCUT2D eigenvalue weighted by Gasteiger charge is 2.36. The van der Waals surface area contributed by atoms with E-state index in [1.165, 1.54) is 19.1 Å². The number of ether oxygens (including phenoxy) is 1. The standard InChI is InChI=1S/C12H16O4/c1-8(2)16-11(14)12(3,15)9-6-4-5-7-10(9)13/h4-8,13,15H,1-3H3. The lowest BCUT2D eigenvalue weighted by atomic mass is 9.95. The number of hydrogen-bond acceptors (Lipinski definition) is 4. The van der Waals surface area contributed by atoms with E-state index < -0.39 is 11.6 Å². The summed E-state index contributed by atoms with van der Waals surface area (Å²) in [5, 5.41) is 19.6. The Kier molecular flexibility index (Phi) is 3.55. The molecule has 0 saturated heterocycles. The number of benzene rings is 1. The predicted octanol–water partition coefficient (Wildman–Crippen LogP) is 1.55. The fourth-order valence-electron chi connectivity index (χ4n) is 1.32. The number of aliphatic hydroxyl groups is 1. The van der Waals surface area contributed by atoms with Crippen molar-refractivity contribution in [2.24, 2.45) is 0 Å². The summed E-state index contributed by atoms with van der Waals surface area (Å²) in [4.78, 5) is 11.6. The molecule has 0 aromatic heterocycles. The highest BCUT2D eigenvalue weighted by Crippen LogP contribution is 2.30. The van der Waals surface area contributed by atoms with Crippen LogP contribution in [0.25, 0.3) is 0 Å². The smallest absolute Gasteiger partial charge is 0.342 e. The SMILES string of the molecule is CC(C)OC(=O)C(C)(O)c1ccccc1O. The summed E-state index contributed by atoms with van der Waals surface area (Å²) < 4.78 is 4.92. The molecule has 0 spiro atoms. The summed E-state index contributed by atoms with van der Waals surface area (Å²) >= 11 is 0. The van der Waals surface area contributed by atoms with Gasteiger partial charge in [-0.25, -0.2) is 4.79 Å². The Labute approximate surface area is 94.5 Å². The molecule has 1 unspecified atom stereocenters. The van der Waals surface area contributed by atoms with Crippen LogP contribution in [-0.4, -0.2) is 22.3 Å². The summed E-state index contributed by atoms with van der Waals surface area (Å²) in [5.41, 5.74) is -1.70. The van der Waals surface area contributed by atoms with Gasteiger partial charge >= 0.3 is 5.97 Å². The van der Waals surface area contributed by atoms with Crippen molar-refractivity contribution in [1.82, 2.24) is 0 Å². The molecule has 88 valence electrons. The minimum absolute atomic E-state index is 0.131. The fourth-order valence-corrected chi connectivity index (χ4v) is 1.32. The van der Waals surface area contributed by atoms with Gasteiger partial charge in [0.05, 0.1) is 6.10 Å². The lowest BCUT2D eigenvalue weighted by Gasteiger charge is -2.23. The minimum Gasteiger partial charge on any atom is -0.508 e. The molecule has 1 atom stereocenters. The van der Waals surface area contributed by atoms with Gasteiger partial charge in [-0.3, -0.25) is 0 Å². The van der Waals surface area contributed by atoms with Gasteiger partial charge < -0.3 is 14.9 Å². The minimum atomic E-state index is -1.84. The van der Waals surface area contributed by atoms with Crippen molar-refractivity contribution in [3.05, 3.63) is 29.8 Å².